The Hall–Kier alpha value is -2.58. The summed E-state index contributed by atoms with van der Waals surface area (Å²) in [6.07, 6.45) is 5.20. The molecule has 146 valence electrons. The van der Waals surface area contributed by atoms with Gasteiger partial charge in [-0.25, -0.2) is 22.8 Å². The van der Waals surface area contributed by atoms with Crippen LogP contribution in [0, 0.1) is 12.7 Å². The molecule has 28 heavy (non-hydrogen) atoms. The van der Waals surface area contributed by atoms with Crippen LogP contribution < -0.4 is 0 Å². The number of hydrogen-bond acceptors (Lipinski definition) is 4. The Kier molecular flexibility index (Phi) is 4.99. The van der Waals surface area contributed by atoms with Crippen molar-refractivity contribution >= 4 is 10.0 Å². The Morgan fingerprint density at radius 2 is 1.93 bits per heavy atom. The number of rotatable bonds is 4. The van der Waals surface area contributed by atoms with Crippen molar-refractivity contribution in [3.63, 3.8) is 0 Å². The van der Waals surface area contributed by atoms with Gasteiger partial charge >= 0.3 is 0 Å². The van der Waals surface area contributed by atoms with Crippen LogP contribution in [0.4, 0.5) is 4.39 Å². The summed E-state index contributed by atoms with van der Waals surface area (Å²) in [6.45, 7) is 2.72. The van der Waals surface area contributed by atoms with Crippen molar-refractivity contribution in [3.8, 4) is 5.82 Å². The van der Waals surface area contributed by atoms with Gasteiger partial charge in [0.05, 0.1) is 4.90 Å². The standard InChI is InChI=1S/C20H21FN4O2S/c1-15-22-11-13-25(15)20-6-2-5-19(23-20)16-4-3-12-24(14-16)28(26,27)18-9-7-17(21)8-10-18/h2,5-11,13,16H,3-4,12,14H2,1H3/t16-/m1/s1. The number of pyridine rings is 1. The number of nitrogens with zero attached hydrogens (tertiary/aromatic N) is 4. The van der Waals surface area contributed by atoms with Crippen LogP contribution in [0.3, 0.4) is 0 Å². The van der Waals surface area contributed by atoms with E-state index in [1.807, 2.05) is 35.9 Å². The third-order valence-corrected chi connectivity index (χ3v) is 6.96. The number of sulfonamides is 1. The molecule has 2 aromatic heterocycles. The molecule has 8 heteroatoms. The zero-order valence-corrected chi connectivity index (χ0v) is 16.3. The van der Waals surface area contributed by atoms with Crippen molar-refractivity contribution < 1.29 is 12.8 Å². The van der Waals surface area contributed by atoms with Gasteiger partial charge in [0.15, 0.2) is 0 Å². The fraction of sp³-hybridized carbons (Fsp3) is 0.300. The third kappa shape index (κ3) is 3.57. The van der Waals surface area contributed by atoms with E-state index < -0.39 is 15.8 Å². The van der Waals surface area contributed by atoms with Crippen molar-refractivity contribution in [2.24, 2.45) is 0 Å². The molecule has 3 heterocycles. The van der Waals surface area contributed by atoms with E-state index in [4.69, 9.17) is 4.98 Å². The van der Waals surface area contributed by atoms with Gasteiger partial charge in [-0.2, -0.15) is 4.31 Å². The van der Waals surface area contributed by atoms with Gasteiger partial charge in [0.2, 0.25) is 10.0 Å². The molecule has 6 nitrogen and oxygen atoms in total. The number of halogens is 1. The normalized spacial score (nSPS) is 18.3. The van der Waals surface area contributed by atoms with Crippen LogP contribution in [0.15, 0.2) is 59.8 Å². The van der Waals surface area contributed by atoms with Crippen LogP contribution in [0.5, 0.6) is 0 Å². The molecule has 1 atom stereocenters. The quantitative estimate of drug-likeness (QED) is 0.674. The van der Waals surface area contributed by atoms with E-state index in [1.165, 1.54) is 28.6 Å². The molecule has 1 aliphatic heterocycles. The minimum atomic E-state index is -3.66. The minimum absolute atomic E-state index is 0.00718. The van der Waals surface area contributed by atoms with Crippen molar-refractivity contribution in [2.45, 2.75) is 30.6 Å². The molecular weight excluding hydrogens is 379 g/mol. The molecule has 1 aliphatic rings. The highest BCUT2D eigenvalue weighted by atomic mass is 32.2. The van der Waals surface area contributed by atoms with E-state index in [1.54, 1.807) is 6.20 Å². The summed E-state index contributed by atoms with van der Waals surface area (Å²) in [6, 6.07) is 10.8. The van der Waals surface area contributed by atoms with Gasteiger partial charge in [0.25, 0.3) is 0 Å². The molecule has 0 spiro atoms. The van der Waals surface area contributed by atoms with Gasteiger partial charge in [-0.1, -0.05) is 6.07 Å². The SMILES string of the molecule is Cc1nccn1-c1cccc([C@@H]2CCCN(S(=O)(=O)c3ccc(F)cc3)C2)n1. The van der Waals surface area contributed by atoms with Crippen LogP contribution in [-0.4, -0.2) is 40.3 Å². The lowest BCUT2D eigenvalue weighted by Gasteiger charge is -2.31. The van der Waals surface area contributed by atoms with Crippen LogP contribution in [-0.2, 0) is 10.0 Å². The zero-order valence-electron chi connectivity index (χ0n) is 15.5. The number of aromatic nitrogens is 3. The highest BCUT2D eigenvalue weighted by Gasteiger charge is 2.31. The summed E-state index contributed by atoms with van der Waals surface area (Å²) < 4.78 is 42.4. The first kappa shape index (κ1) is 18.8. The molecule has 0 unspecified atom stereocenters. The fourth-order valence-electron chi connectivity index (χ4n) is 3.58. The fourth-order valence-corrected chi connectivity index (χ4v) is 5.10. The Morgan fingerprint density at radius 1 is 1.14 bits per heavy atom. The van der Waals surface area contributed by atoms with Crippen LogP contribution >= 0.6 is 0 Å². The zero-order chi connectivity index (χ0) is 19.7. The smallest absolute Gasteiger partial charge is 0.243 e. The first-order valence-corrected chi connectivity index (χ1v) is 10.6. The Morgan fingerprint density at radius 3 is 2.64 bits per heavy atom. The number of piperidine rings is 1. The van der Waals surface area contributed by atoms with E-state index in [0.717, 1.165) is 30.2 Å². The summed E-state index contributed by atoms with van der Waals surface area (Å²) >= 11 is 0. The molecule has 3 aromatic rings. The second-order valence-electron chi connectivity index (χ2n) is 6.92. The second-order valence-corrected chi connectivity index (χ2v) is 8.86. The van der Waals surface area contributed by atoms with E-state index in [9.17, 15) is 12.8 Å². The summed E-state index contributed by atoms with van der Waals surface area (Å²) in [7, 11) is -3.66. The van der Waals surface area contributed by atoms with Crippen LogP contribution in [0.25, 0.3) is 5.82 Å². The number of hydrogen-bond donors (Lipinski definition) is 0. The van der Waals surface area contributed by atoms with Crippen molar-refractivity contribution in [2.75, 3.05) is 13.1 Å². The van der Waals surface area contributed by atoms with E-state index >= 15 is 0 Å². The lowest BCUT2D eigenvalue weighted by Crippen LogP contribution is -2.39. The predicted octanol–water partition coefficient (Wildman–Crippen LogP) is 3.28. The van der Waals surface area contributed by atoms with E-state index in [2.05, 4.69) is 4.98 Å². The molecular formula is C20H21FN4O2S. The van der Waals surface area contributed by atoms with Gasteiger partial charge in [-0.05, 0) is 56.2 Å². The molecule has 0 N–H and O–H groups in total. The lowest BCUT2D eigenvalue weighted by atomic mass is 9.95. The van der Waals surface area contributed by atoms with Gasteiger partial charge in [-0.3, -0.25) is 4.57 Å². The first-order valence-electron chi connectivity index (χ1n) is 9.18. The van der Waals surface area contributed by atoms with E-state index in [-0.39, 0.29) is 10.8 Å². The summed E-state index contributed by atoms with van der Waals surface area (Å²) in [5.41, 5.74) is 0.865. The van der Waals surface area contributed by atoms with Gasteiger partial charge in [0.1, 0.15) is 17.5 Å². The molecule has 0 amide bonds. The average Bonchev–Trinajstić information content (AvgIpc) is 3.14. The Labute approximate surface area is 163 Å². The van der Waals surface area contributed by atoms with E-state index in [0.29, 0.717) is 13.1 Å². The maximum Gasteiger partial charge on any atom is 0.243 e. The summed E-state index contributed by atoms with van der Waals surface area (Å²) in [5, 5.41) is 0. The van der Waals surface area contributed by atoms with Gasteiger partial charge < -0.3 is 0 Å². The van der Waals surface area contributed by atoms with Gasteiger partial charge in [-0.15, -0.1) is 0 Å². The monoisotopic (exact) mass is 400 g/mol. The number of benzene rings is 1. The average molecular weight is 400 g/mol. The molecule has 0 bridgehead atoms. The molecule has 0 aliphatic carbocycles. The maximum absolute atomic E-state index is 13.2. The topological polar surface area (TPSA) is 68.1 Å². The highest BCUT2D eigenvalue weighted by molar-refractivity contribution is 7.89. The molecule has 1 saturated heterocycles. The minimum Gasteiger partial charge on any atom is -0.288 e. The van der Waals surface area contributed by atoms with Gasteiger partial charge in [0, 0.05) is 37.1 Å². The largest absolute Gasteiger partial charge is 0.288 e. The highest BCUT2D eigenvalue weighted by Crippen LogP contribution is 2.30. The maximum atomic E-state index is 13.2. The molecule has 1 fully saturated rings. The lowest BCUT2D eigenvalue weighted by molar-refractivity contribution is 0.312. The third-order valence-electron chi connectivity index (χ3n) is 5.08. The molecule has 0 radical (unpaired) electrons. The number of imidazole rings is 1. The first-order chi connectivity index (χ1) is 13.4. The Bertz CT molecular complexity index is 1080. The van der Waals surface area contributed by atoms with Crippen molar-refractivity contribution in [1.29, 1.82) is 0 Å². The Balaban J connectivity index is 1.59. The van der Waals surface area contributed by atoms with Crippen molar-refractivity contribution in [3.05, 3.63) is 72.2 Å². The predicted molar refractivity (Wildman–Crippen MR) is 103 cm³/mol. The summed E-state index contributed by atoms with van der Waals surface area (Å²) in [5.74, 6) is 1.17. The van der Waals surface area contributed by atoms with Crippen LogP contribution in [0.2, 0.25) is 0 Å². The second kappa shape index (κ2) is 7.44. The molecule has 0 saturated carbocycles. The molecule has 4 rings (SSSR count). The number of aryl methyl sites for hydroxylation is 1. The van der Waals surface area contributed by atoms with Crippen molar-refractivity contribution in [1.82, 2.24) is 18.8 Å². The summed E-state index contributed by atoms with van der Waals surface area (Å²) in [4.78, 5) is 9.10. The molecule has 1 aromatic carbocycles. The van der Waals surface area contributed by atoms with Crippen LogP contribution in [0.1, 0.15) is 30.3 Å².